The second-order valence-electron chi connectivity index (χ2n) is 6.43. The molecule has 2 aromatic rings. The summed E-state index contributed by atoms with van der Waals surface area (Å²) in [5, 5.41) is 0. The minimum Gasteiger partial charge on any atom is -0.497 e. The van der Waals surface area contributed by atoms with E-state index >= 15 is 0 Å². The zero-order chi connectivity index (χ0) is 20.3. The molecule has 28 heavy (non-hydrogen) atoms. The zero-order valence-corrected chi connectivity index (χ0v) is 16.5. The van der Waals surface area contributed by atoms with E-state index in [1.54, 1.807) is 80.5 Å². The molecule has 0 saturated carbocycles. The van der Waals surface area contributed by atoms with Crippen molar-refractivity contribution in [1.82, 2.24) is 4.90 Å². The third-order valence-corrected chi connectivity index (χ3v) is 4.93. The summed E-state index contributed by atoms with van der Waals surface area (Å²) in [5.41, 5.74) is 1.19. The van der Waals surface area contributed by atoms with Gasteiger partial charge >= 0.3 is 0 Å². The molecule has 1 unspecified atom stereocenters. The largest absolute Gasteiger partial charge is 0.497 e. The van der Waals surface area contributed by atoms with Crippen LogP contribution in [0.15, 0.2) is 42.5 Å². The highest BCUT2D eigenvalue weighted by Crippen LogP contribution is 2.34. The van der Waals surface area contributed by atoms with E-state index < -0.39 is 6.04 Å². The number of nitrogens with zero attached hydrogens (tertiary/aromatic N) is 2. The molecule has 148 valence electrons. The van der Waals surface area contributed by atoms with Crippen LogP contribution >= 0.6 is 0 Å². The predicted octanol–water partition coefficient (Wildman–Crippen LogP) is 2.59. The molecule has 0 aromatic heterocycles. The second-order valence-corrected chi connectivity index (χ2v) is 6.43. The van der Waals surface area contributed by atoms with Crippen molar-refractivity contribution in [3.05, 3.63) is 48.0 Å². The lowest BCUT2D eigenvalue weighted by atomic mass is 10.1. The number of carbonyl (C=O) groups excluding carboxylic acids is 2. The first-order valence-electron chi connectivity index (χ1n) is 8.98. The molecule has 1 fully saturated rings. The molecule has 0 spiro atoms. The van der Waals surface area contributed by atoms with Gasteiger partial charge in [-0.3, -0.25) is 9.59 Å². The number of rotatable bonds is 5. The van der Waals surface area contributed by atoms with Gasteiger partial charge in [-0.1, -0.05) is 0 Å². The Morgan fingerprint density at radius 3 is 2.18 bits per heavy atom. The lowest BCUT2D eigenvalue weighted by molar-refractivity contribution is -0.124. The standard InChI is InChI=1S/C21H24N2O5/c1-14-20(24)23(18-10-9-17(27-3)13-19(18)28-4)12-11-22(14)21(25)15-5-7-16(26-2)8-6-15/h5-10,13-14H,11-12H2,1-4H3. The first-order chi connectivity index (χ1) is 13.5. The maximum Gasteiger partial charge on any atom is 0.254 e. The summed E-state index contributed by atoms with van der Waals surface area (Å²) < 4.78 is 15.8. The number of anilines is 1. The minimum atomic E-state index is -0.588. The molecule has 7 heteroatoms. The van der Waals surface area contributed by atoms with Gasteiger partial charge in [0.15, 0.2) is 0 Å². The van der Waals surface area contributed by atoms with Crippen molar-refractivity contribution in [3.8, 4) is 17.2 Å². The van der Waals surface area contributed by atoms with Crippen LogP contribution in [0.2, 0.25) is 0 Å². The molecule has 3 rings (SSSR count). The van der Waals surface area contributed by atoms with E-state index in [0.29, 0.717) is 41.6 Å². The Hall–Kier alpha value is -3.22. The third kappa shape index (κ3) is 3.60. The molecule has 1 heterocycles. The van der Waals surface area contributed by atoms with Crippen LogP contribution in [0.4, 0.5) is 5.69 Å². The fraction of sp³-hybridized carbons (Fsp3) is 0.333. The van der Waals surface area contributed by atoms with Crippen LogP contribution in [-0.2, 0) is 4.79 Å². The molecule has 1 atom stereocenters. The van der Waals surface area contributed by atoms with Gasteiger partial charge in [0.1, 0.15) is 23.3 Å². The topological polar surface area (TPSA) is 68.3 Å². The predicted molar refractivity (Wildman–Crippen MR) is 105 cm³/mol. The molecule has 7 nitrogen and oxygen atoms in total. The number of hydrogen-bond acceptors (Lipinski definition) is 5. The van der Waals surface area contributed by atoms with E-state index in [1.165, 1.54) is 0 Å². The Morgan fingerprint density at radius 1 is 0.929 bits per heavy atom. The van der Waals surface area contributed by atoms with E-state index in [0.717, 1.165) is 0 Å². The van der Waals surface area contributed by atoms with E-state index in [4.69, 9.17) is 14.2 Å². The number of carbonyl (C=O) groups is 2. The molecule has 0 bridgehead atoms. The molecule has 2 aromatic carbocycles. The average Bonchev–Trinajstić information content (AvgIpc) is 2.74. The minimum absolute atomic E-state index is 0.156. The number of benzene rings is 2. The van der Waals surface area contributed by atoms with Crippen LogP contribution in [-0.4, -0.2) is 57.2 Å². The number of piperazine rings is 1. The number of ether oxygens (including phenoxy) is 3. The number of amides is 2. The van der Waals surface area contributed by atoms with Crippen LogP contribution < -0.4 is 19.1 Å². The monoisotopic (exact) mass is 384 g/mol. The maximum atomic E-state index is 13.0. The summed E-state index contributed by atoms with van der Waals surface area (Å²) in [7, 11) is 4.70. The number of methoxy groups -OCH3 is 3. The molecule has 0 radical (unpaired) electrons. The normalized spacial score (nSPS) is 16.7. The molecule has 1 aliphatic rings. The van der Waals surface area contributed by atoms with Crippen LogP contribution in [0.5, 0.6) is 17.2 Å². The van der Waals surface area contributed by atoms with Gasteiger partial charge in [-0.15, -0.1) is 0 Å². The van der Waals surface area contributed by atoms with Crippen LogP contribution in [0.1, 0.15) is 17.3 Å². The summed E-state index contributed by atoms with van der Waals surface area (Å²) in [6, 6.07) is 11.6. The van der Waals surface area contributed by atoms with E-state index in [1.807, 2.05) is 0 Å². The van der Waals surface area contributed by atoms with E-state index in [-0.39, 0.29) is 11.8 Å². The van der Waals surface area contributed by atoms with Crippen molar-refractivity contribution >= 4 is 17.5 Å². The Morgan fingerprint density at radius 2 is 1.57 bits per heavy atom. The number of hydrogen-bond donors (Lipinski definition) is 0. The maximum absolute atomic E-state index is 13.0. The smallest absolute Gasteiger partial charge is 0.254 e. The third-order valence-electron chi connectivity index (χ3n) is 4.93. The van der Waals surface area contributed by atoms with Crippen molar-refractivity contribution < 1.29 is 23.8 Å². The van der Waals surface area contributed by atoms with Crippen molar-refractivity contribution in [2.75, 3.05) is 39.3 Å². The van der Waals surface area contributed by atoms with Gasteiger partial charge in [-0.05, 0) is 43.3 Å². The van der Waals surface area contributed by atoms with E-state index in [9.17, 15) is 9.59 Å². The van der Waals surface area contributed by atoms with Crippen molar-refractivity contribution in [3.63, 3.8) is 0 Å². The van der Waals surface area contributed by atoms with Gasteiger partial charge < -0.3 is 24.0 Å². The lowest BCUT2D eigenvalue weighted by Crippen LogP contribution is -2.57. The molecular formula is C21H24N2O5. The van der Waals surface area contributed by atoms with Crippen LogP contribution in [0.3, 0.4) is 0 Å². The van der Waals surface area contributed by atoms with Gasteiger partial charge in [0.25, 0.3) is 5.91 Å². The molecule has 1 saturated heterocycles. The van der Waals surface area contributed by atoms with Crippen LogP contribution in [0.25, 0.3) is 0 Å². The zero-order valence-electron chi connectivity index (χ0n) is 16.5. The van der Waals surface area contributed by atoms with Gasteiger partial charge in [-0.2, -0.15) is 0 Å². The average molecular weight is 384 g/mol. The summed E-state index contributed by atoms with van der Waals surface area (Å²) >= 11 is 0. The summed E-state index contributed by atoms with van der Waals surface area (Å²) in [6.07, 6.45) is 0. The molecule has 0 aliphatic carbocycles. The molecule has 2 amide bonds. The summed E-state index contributed by atoms with van der Waals surface area (Å²) in [4.78, 5) is 29.1. The Bertz CT molecular complexity index is 866. The SMILES string of the molecule is COc1ccc(C(=O)N2CCN(c3ccc(OC)cc3OC)C(=O)C2C)cc1. The first kappa shape index (κ1) is 19.5. The molecular weight excluding hydrogens is 360 g/mol. The first-order valence-corrected chi connectivity index (χ1v) is 8.98. The highest BCUT2D eigenvalue weighted by molar-refractivity contribution is 6.04. The highest BCUT2D eigenvalue weighted by Gasteiger charge is 2.36. The molecule has 1 aliphatic heterocycles. The van der Waals surface area contributed by atoms with Crippen LogP contribution in [0, 0.1) is 0 Å². The summed E-state index contributed by atoms with van der Waals surface area (Å²) in [6.45, 7) is 2.55. The Kier molecular flexibility index (Phi) is 5.73. The second kappa shape index (κ2) is 8.21. The Labute approximate surface area is 164 Å². The van der Waals surface area contributed by atoms with Gasteiger partial charge in [0.2, 0.25) is 5.91 Å². The van der Waals surface area contributed by atoms with Crippen molar-refractivity contribution in [1.29, 1.82) is 0 Å². The van der Waals surface area contributed by atoms with Gasteiger partial charge in [-0.25, -0.2) is 0 Å². The van der Waals surface area contributed by atoms with Gasteiger partial charge in [0.05, 0.1) is 27.0 Å². The Balaban J connectivity index is 1.80. The molecule has 0 N–H and O–H groups in total. The van der Waals surface area contributed by atoms with Crippen molar-refractivity contribution in [2.24, 2.45) is 0 Å². The van der Waals surface area contributed by atoms with E-state index in [2.05, 4.69) is 0 Å². The summed E-state index contributed by atoms with van der Waals surface area (Å²) in [5.74, 6) is 1.54. The fourth-order valence-corrected chi connectivity index (χ4v) is 3.29. The lowest BCUT2D eigenvalue weighted by Gasteiger charge is -2.39. The van der Waals surface area contributed by atoms with Crippen molar-refractivity contribution in [2.45, 2.75) is 13.0 Å². The fourth-order valence-electron chi connectivity index (χ4n) is 3.29. The highest BCUT2D eigenvalue weighted by atomic mass is 16.5. The van der Waals surface area contributed by atoms with Gasteiger partial charge in [0, 0.05) is 24.7 Å². The quantitative estimate of drug-likeness (QED) is 0.793.